The molecule has 2 aromatic heterocycles. The molecule has 9 nitrogen and oxygen atoms in total. The monoisotopic (exact) mass is 463 g/mol. The first-order valence-electron chi connectivity index (χ1n) is 10.5. The number of rotatable bonds is 6. The number of thioether (sulfide) groups is 1. The summed E-state index contributed by atoms with van der Waals surface area (Å²) in [7, 11) is 0. The number of benzene rings is 1. The highest BCUT2D eigenvalue weighted by Gasteiger charge is 2.26. The Balaban J connectivity index is 1.37. The second-order valence-electron chi connectivity index (χ2n) is 7.46. The van der Waals surface area contributed by atoms with Crippen LogP contribution in [0.25, 0.3) is 6.08 Å². The molecule has 10 heteroatoms. The fraction of sp³-hybridized carbons (Fsp3) is 0.217. The molecule has 0 bridgehead atoms. The normalized spacial score (nSPS) is 17.5. The second kappa shape index (κ2) is 9.37. The first-order chi connectivity index (χ1) is 16.1. The van der Waals surface area contributed by atoms with Crippen LogP contribution in [0, 0.1) is 0 Å². The number of hydrogen-bond donors (Lipinski definition) is 1. The van der Waals surface area contributed by atoms with E-state index in [0.717, 1.165) is 37.9 Å². The fourth-order valence-corrected chi connectivity index (χ4v) is 4.28. The molecule has 0 aliphatic carbocycles. The zero-order valence-corrected chi connectivity index (χ0v) is 18.5. The summed E-state index contributed by atoms with van der Waals surface area (Å²) in [5.74, 6) is 1.12. The van der Waals surface area contributed by atoms with Crippen LogP contribution in [-0.2, 0) is 11.4 Å². The lowest BCUT2D eigenvalue weighted by Crippen LogP contribution is -2.47. The molecule has 0 atom stereocenters. The molecular weight excluding hydrogens is 442 g/mol. The van der Waals surface area contributed by atoms with Gasteiger partial charge in [-0.15, -0.1) is 0 Å². The minimum absolute atomic E-state index is 0.217. The Labute approximate surface area is 194 Å². The van der Waals surface area contributed by atoms with Crippen LogP contribution in [-0.4, -0.2) is 47.3 Å². The number of nitrogens with one attached hydrogen (secondary N) is 1. The van der Waals surface area contributed by atoms with Crippen molar-refractivity contribution in [2.75, 3.05) is 36.0 Å². The number of nitrogens with zero attached hydrogens (tertiary/aromatic N) is 4. The SMILES string of the molecule is O=C1NC(=O)/C(=C/c2cc(OCc3ccco3)nc(N3CCN(c4ccccc4)CC3)n2)S1. The summed E-state index contributed by atoms with van der Waals surface area (Å²) in [6.45, 7) is 3.34. The van der Waals surface area contributed by atoms with Gasteiger partial charge in [-0.3, -0.25) is 14.9 Å². The first-order valence-corrected chi connectivity index (χ1v) is 11.3. The molecule has 0 spiro atoms. The van der Waals surface area contributed by atoms with E-state index in [0.29, 0.717) is 23.3 Å². The Morgan fingerprint density at radius 2 is 1.82 bits per heavy atom. The van der Waals surface area contributed by atoms with Crippen LogP contribution in [0.1, 0.15) is 11.5 Å². The number of ether oxygens (including phenoxy) is 1. The Morgan fingerprint density at radius 1 is 1.03 bits per heavy atom. The lowest BCUT2D eigenvalue weighted by Gasteiger charge is -2.36. The van der Waals surface area contributed by atoms with E-state index in [1.165, 1.54) is 5.69 Å². The number of piperazine rings is 1. The van der Waals surface area contributed by atoms with Crippen molar-refractivity contribution in [2.45, 2.75) is 6.61 Å². The van der Waals surface area contributed by atoms with E-state index in [9.17, 15) is 9.59 Å². The molecule has 33 heavy (non-hydrogen) atoms. The average molecular weight is 464 g/mol. The van der Waals surface area contributed by atoms with Crippen molar-refractivity contribution >= 4 is 40.6 Å². The zero-order chi connectivity index (χ0) is 22.6. The number of imide groups is 1. The number of para-hydroxylation sites is 1. The minimum atomic E-state index is -0.431. The fourth-order valence-electron chi connectivity index (χ4n) is 3.62. The summed E-state index contributed by atoms with van der Waals surface area (Å²) in [6.07, 6.45) is 3.16. The van der Waals surface area contributed by atoms with Crippen molar-refractivity contribution in [2.24, 2.45) is 0 Å². The van der Waals surface area contributed by atoms with E-state index in [4.69, 9.17) is 9.15 Å². The summed E-state index contributed by atoms with van der Waals surface area (Å²) >= 11 is 0.850. The molecule has 2 fully saturated rings. The number of amides is 2. The topological polar surface area (TPSA) is 101 Å². The number of carbonyl (C=O) groups excluding carboxylic acids is 2. The van der Waals surface area contributed by atoms with Gasteiger partial charge in [-0.2, -0.15) is 4.98 Å². The minimum Gasteiger partial charge on any atom is -0.469 e. The van der Waals surface area contributed by atoms with Gasteiger partial charge in [0, 0.05) is 37.9 Å². The number of furan rings is 1. The molecule has 0 radical (unpaired) electrons. The third-order valence-corrected chi connectivity index (χ3v) is 6.07. The highest BCUT2D eigenvalue weighted by Crippen LogP contribution is 2.27. The predicted molar refractivity (Wildman–Crippen MR) is 125 cm³/mol. The molecule has 1 N–H and O–H groups in total. The van der Waals surface area contributed by atoms with Gasteiger partial charge in [-0.25, -0.2) is 4.98 Å². The summed E-state index contributed by atoms with van der Waals surface area (Å²) in [5, 5.41) is 1.86. The molecule has 2 amide bonds. The van der Waals surface area contributed by atoms with Gasteiger partial charge in [-0.1, -0.05) is 18.2 Å². The average Bonchev–Trinajstić information content (AvgIpc) is 3.47. The Morgan fingerprint density at radius 3 is 2.52 bits per heavy atom. The number of aromatic nitrogens is 2. The molecule has 0 saturated carbocycles. The van der Waals surface area contributed by atoms with Crippen LogP contribution < -0.4 is 19.9 Å². The Hall–Kier alpha value is -3.79. The van der Waals surface area contributed by atoms with E-state index >= 15 is 0 Å². The highest BCUT2D eigenvalue weighted by atomic mass is 32.2. The van der Waals surface area contributed by atoms with E-state index in [1.54, 1.807) is 24.5 Å². The largest absolute Gasteiger partial charge is 0.469 e. The molecule has 3 aromatic rings. The Kier molecular flexibility index (Phi) is 5.99. The Bertz CT molecular complexity index is 1170. The summed E-state index contributed by atoms with van der Waals surface area (Å²) < 4.78 is 11.2. The van der Waals surface area contributed by atoms with Crippen molar-refractivity contribution in [1.29, 1.82) is 0 Å². The van der Waals surface area contributed by atoms with Gasteiger partial charge in [-0.05, 0) is 42.1 Å². The molecule has 2 aliphatic heterocycles. The quantitative estimate of drug-likeness (QED) is 0.552. The van der Waals surface area contributed by atoms with Gasteiger partial charge in [0.05, 0.1) is 16.9 Å². The maximum absolute atomic E-state index is 12.0. The maximum atomic E-state index is 12.0. The van der Waals surface area contributed by atoms with Crippen molar-refractivity contribution in [3.63, 3.8) is 0 Å². The van der Waals surface area contributed by atoms with E-state index in [-0.39, 0.29) is 11.5 Å². The van der Waals surface area contributed by atoms with Crippen molar-refractivity contribution in [3.8, 4) is 5.88 Å². The summed E-state index contributed by atoms with van der Waals surface area (Å²) in [5.41, 5.74) is 1.68. The van der Waals surface area contributed by atoms with Crippen molar-refractivity contribution in [3.05, 3.63) is 71.2 Å². The van der Waals surface area contributed by atoms with Crippen molar-refractivity contribution in [1.82, 2.24) is 15.3 Å². The van der Waals surface area contributed by atoms with Gasteiger partial charge in [0.15, 0.2) is 0 Å². The van der Waals surface area contributed by atoms with Crippen LogP contribution in [0.2, 0.25) is 0 Å². The predicted octanol–water partition coefficient (Wildman–Crippen LogP) is 3.30. The molecule has 2 aliphatic rings. The summed E-state index contributed by atoms with van der Waals surface area (Å²) in [4.78, 5) is 37.4. The molecule has 2 saturated heterocycles. The second-order valence-corrected chi connectivity index (χ2v) is 8.48. The third-order valence-electron chi connectivity index (χ3n) is 5.26. The van der Waals surface area contributed by atoms with Crippen LogP contribution in [0.4, 0.5) is 16.4 Å². The van der Waals surface area contributed by atoms with Crippen LogP contribution >= 0.6 is 11.8 Å². The lowest BCUT2D eigenvalue weighted by atomic mass is 10.2. The molecule has 5 rings (SSSR count). The van der Waals surface area contributed by atoms with Gasteiger partial charge in [0.1, 0.15) is 12.4 Å². The van der Waals surface area contributed by atoms with Gasteiger partial charge >= 0.3 is 0 Å². The zero-order valence-electron chi connectivity index (χ0n) is 17.6. The maximum Gasteiger partial charge on any atom is 0.290 e. The van der Waals surface area contributed by atoms with Crippen molar-refractivity contribution < 1.29 is 18.7 Å². The van der Waals surface area contributed by atoms with E-state index in [2.05, 4.69) is 37.2 Å². The summed E-state index contributed by atoms with van der Waals surface area (Å²) in [6, 6.07) is 15.5. The van der Waals surface area contributed by atoms with Crippen LogP contribution in [0.3, 0.4) is 0 Å². The van der Waals surface area contributed by atoms with Gasteiger partial charge in [0.2, 0.25) is 11.8 Å². The number of carbonyl (C=O) groups is 2. The van der Waals surface area contributed by atoms with Crippen LogP contribution in [0.15, 0.2) is 64.1 Å². The molecular formula is C23H21N5O4S. The highest BCUT2D eigenvalue weighted by molar-refractivity contribution is 8.18. The molecule has 168 valence electrons. The third kappa shape index (κ3) is 5.01. The lowest BCUT2D eigenvalue weighted by molar-refractivity contribution is -0.115. The van der Waals surface area contributed by atoms with Gasteiger partial charge in [0.25, 0.3) is 11.1 Å². The molecule has 1 aromatic carbocycles. The molecule has 4 heterocycles. The smallest absolute Gasteiger partial charge is 0.290 e. The van der Waals surface area contributed by atoms with E-state index < -0.39 is 11.1 Å². The number of anilines is 2. The standard InChI is InChI=1S/C23H21N5O4S/c29-21-19(33-23(30)26-21)13-16-14-20(32-15-18-7-4-12-31-18)25-22(24-16)28-10-8-27(9-11-28)17-5-2-1-3-6-17/h1-7,12-14H,8-11,15H2,(H,26,29,30)/b19-13-. The van der Waals surface area contributed by atoms with Gasteiger partial charge < -0.3 is 19.0 Å². The first kappa shape index (κ1) is 21.1. The van der Waals surface area contributed by atoms with E-state index in [1.807, 2.05) is 24.3 Å². The number of hydrogen-bond acceptors (Lipinski definition) is 9. The van der Waals surface area contributed by atoms with Crippen LogP contribution in [0.5, 0.6) is 5.88 Å². The molecule has 0 unspecified atom stereocenters.